The van der Waals surface area contributed by atoms with E-state index in [2.05, 4.69) is 5.32 Å². The maximum Gasteiger partial charge on any atom is 0.407 e. The fraction of sp³-hybridized carbons (Fsp3) is 0.857. The number of unbranched alkanes of at least 4 members (excludes halogenated alkanes) is 1. The molecule has 1 amide bonds. The van der Waals surface area contributed by atoms with Gasteiger partial charge < -0.3 is 19.5 Å². The van der Waals surface area contributed by atoms with Gasteiger partial charge in [-0.25, -0.2) is 9.59 Å². The van der Waals surface area contributed by atoms with Gasteiger partial charge in [0.2, 0.25) is 0 Å². The molecule has 20 heavy (non-hydrogen) atoms. The van der Waals surface area contributed by atoms with E-state index in [1.807, 2.05) is 20.8 Å². The summed E-state index contributed by atoms with van der Waals surface area (Å²) in [6.07, 6.45) is 2.48. The second kappa shape index (κ2) is 7.47. The lowest BCUT2D eigenvalue weighted by atomic mass is 10.0. The predicted molar refractivity (Wildman–Crippen MR) is 73.4 cm³/mol. The molecule has 0 aromatic rings. The summed E-state index contributed by atoms with van der Waals surface area (Å²) in [6, 6.07) is -0.686. The van der Waals surface area contributed by atoms with Crippen LogP contribution in [0.25, 0.3) is 0 Å². The first-order valence-electron chi connectivity index (χ1n) is 7.09. The summed E-state index contributed by atoms with van der Waals surface area (Å²) in [5.41, 5.74) is -0.123. The number of nitrogens with one attached hydrogen (secondary N) is 1. The molecule has 0 saturated carbocycles. The van der Waals surface area contributed by atoms with E-state index in [0.29, 0.717) is 19.4 Å². The van der Waals surface area contributed by atoms with Crippen molar-refractivity contribution in [2.75, 3.05) is 13.7 Å². The molecular weight excluding hydrogens is 262 g/mol. The number of alkyl carbamates (subject to hydrolysis) is 1. The largest absolute Gasteiger partial charge is 0.467 e. The van der Waals surface area contributed by atoms with E-state index < -0.39 is 18.1 Å². The number of hydrogen-bond acceptors (Lipinski definition) is 5. The molecule has 0 bridgehead atoms. The van der Waals surface area contributed by atoms with Crippen LogP contribution in [0.1, 0.15) is 46.5 Å². The summed E-state index contributed by atoms with van der Waals surface area (Å²) < 4.78 is 15.1. The Morgan fingerprint density at radius 2 is 2.05 bits per heavy atom. The maximum absolute atomic E-state index is 11.6. The summed E-state index contributed by atoms with van der Waals surface area (Å²) in [6.45, 7) is 6.36. The average molecular weight is 287 g/mol. The van der Waals surface area contributed by atoms with Crippen molar-refractivity contribution < 1.29 is 23.8 Å². The van der Waals surface area contributed by atoms with E-state index in [0.717, 1.165) is 12.8 Å². The van der Waals surface area contributed by atoms with Crippen LogP contribution in [-0.2, 0) is 19.0 Å². The van der Waals surface area contributed by atoms with E-state index in [9.17, 15) is 9.59 Å². The molecule has 0 aromatic carbocycles. The smallest absolute Gasteiger partial charge is 0.407 e. The highest BCUT2D eigenvalue weighted by atomic mass is 16.6. The van der Waals surface area contributed by atoms with Crippen molar-refractivity contribution in [2.24, 2.45) is 0 Å². The van der Waals surface area contributed by atoms with Crippen LogP contribution in [0, 0.1) is 0 Å². The second-order valence-electron chi connectivity index (χ2n) is 5.50. The number of epoxide rings is 1. The van der Waals surface area contributed by atoms with E-state index in [1.165, 1.54) is 7.11 Å². The van der Waals surface area contributed by atoms with Gasteiger partial charge in [0.15, 0.2) is 0 Å². The third-order valence-corrected chi connectivity index (χ3v) is 3.39. The molecule has 1 fully saturated rings. The van der Waals surface area contributed by atoms with Crippen molar-refractivity contribution in [3.8, 4) is 0 Å². The molecule has 1 rings (SSSR count). The zero-order chi connectivity index (χ0) is 15.2. The normalized spacial score (nSPS) is 20.9. The third-order valence-electron chi connectivity index (χ3n) is 3.39. The quantitative estimate of drug-likeness (QED) is 0.420. The average Bonchev–Trinajstić information content (AvgIpc) is 3.01. The topological polar surface area (TPSA) is 77.2 Å². The van der Waals surface area contributed by atoms with Crippen LogP contribution in [0.4, 0.5) is 4.79 Å². The van der Waals surface area contributed by atoms with Crippen LogP contribution in [0.3, 0.4) is 0 Å². The molecule has 116 valence electrons. The molecular formula is C14H25NO5. The van der Waals surface area contributed by atoms with Crippen molar-refractivity contribution in [3.05, 3.63) is 0 Å². The molecule has 0 aromatic heterocycles. The summed E-state index contributed by atoms with van der Waals surface area (Å²) in [7, 11) is 1.30. The lowest BCUT2D eigenvalue weighted by molar-refractivity contribution is -0.143. The number of ether oxygens (including phenoxy) is 3. The molecule has 1 heterocycles. The molecule has 1 aliphatic rings. The first kappa shape index (κ1) is 16.8. The Labute approximate surface area is 120 Å². The van der Waals surface area contributed by atoms with Gasteiger partial charge >= 0.3 is 12.1 Å². The Morgan fingerprint density at radius 1 is 1.40 bits per heavy atom. The van der Waals surface area contributed by atoms with Crippen molar-refractivity contribution in [3.63, 3.8) is 0 Å². The summed E-state index contributed by atoms with van der Waals surface area (Å²) in [5.74, 6) is -0.462. The molecule has 1 aliphatic heterocycles. The summed E-state index contributed by atoms with van der Waals surface area (Å²) >= 11 is 0. The van der Waals surface area contributed by atoms with Crippen LogP contribution < -0.4 is 5.32 Å². The van der Waals surface area contributed by atoms with Gasteiger partial charge in [-0.1, -0.05) is 13.3 Å². The van der Waals surface area contributed by atoms with Crippen molar-refractivity contribution in [2.45, 2.75) is 64.2 Å². The minimum absolute atomic E-state index is 0.123. The highest BCUT2D eigenvalue weighted by molar-refractivity contribution is 5.81. The molecule has 0 spiro atoms. The minimum atomic E-state index is -0.686. The monoisotopic (exact) mass is 287 g/mol. The number of amides is 1. The zero-order valence-electron chi connectivity index (χ0n) is 12.7. The standard InChI is InChI=1S/C14H25NO5/c1-5-6-9-19-13(17)15-10(12(16)18-4)7-8-11-14(2,3)20-11/h10-11H,5-9H2,1-4H3,(H,15,17)/t10?,11-/m0/s1. The highest BCUT2D eigenvalue weighted by Gasteiger charge is 2.47. The Hall–Kier alpha value is -1.30. The number of carbonyl (C=O) groups excluding carboxylic acids is 2. The number of carbonyl (C=O) groups is 2. The van der Waals surface area contributed by atoms with E-state index in [1.54, 1.807) is 0 Å². The molecule has 2 atom stereocenters. The number of hydrogen-bond donors (Lipinski definition) is 1. The number of rotatable bonds is 8. The van der Waals surface area contributed by atoms with Gasteiger partial charge in [-0.15, -0.1) is 0 Å². The lowest BCUT2D eigenvalue weighted by Gasteiger charge is -2.16. The Bertz CT molecular complexity index is 342. The third kappa shape index (κ3) is 5.36. The van der Waals surface area contributed by atoms with E-state index >= 15 is 0 Å². The second-order valence-corrected chi connectivity index (χ2v) is 5.50. The van der Waals surface area contributed by atoms with Gasteiger partial charge in [-0.05, 0) is 33.1 Å². The van der Waals surface area contributed by atoms with E-state index in [4.69, 9.17) is 14.2 Å². The van der Waals surface area contributed by atoms with Crippen LogP contribution in [0.5, 0.6) is 0 Å². The van der Waals surface area contributed by atoms with Crippen LogP contribution in [-0.4, -0.2) is 43.5 Å². The van der Waals surface area contributed by atoms with Crippen molar-refractivity contribution in [1.82, 2.24) is 5.32 Å². The van der Waals surface area contributed by atoms with Crippen LogP contribution in [0.2, 0.25) is 0 Å². The zero-order valence-corrected chi connectivity index (χ0v) is 12.7. The first-order valence-corrected chi connectivity index (χ1v) is 7.09. The molecule has 6 nitrogen and oxygen atoms in total. The molecule has 0 aliphatic carbocycles. The summed E-state index contributed by atoms with van der Waals surface area (Å²) in [4.78, 5) is 23.2. The van der Waals surface area contributed by atoms with Crippen LogP contribution >= 0.6 is 0 Å². The SMILES string of the molecule is CCCCOC(=O)NC(CC[C@@H]1OC1(C)C)C(=O)OC. The van der Waals surface area contributed by atoms with E-state index in [-0.39, 0.29) is 11.7 Å². The Balaban J connectivity index is 2.35. The van der Waals surface area contributed by atoms with Crippen molar-refractivity contribution in [1.29, 1.82) is 0 Å². The first-order chi connectivity index (χ1) is 9.40. The number of methoxy groups -OCH3 is 1. The van der Waals surface area contributed by atoms with Gasteiger partial charge in [-0.2, -0.15) is 0 Å². The van der Waals surface area contributed by atoms with Gasteiger partial charge in [0.25, 0.3) is 0 Å². The van der Waals surface area contributed by atoms with Gasteiger partial charge in [-0.3, -0.25) is 0 Å². The predicted octanol–water partition coefficient (Wildman–Crippen LogP) is 2.01. The van der Waals surface area contributed by atoms with Gasteiger partial charge in [0.1, 0.15) is 6.04 Å². The van der Waals surface area contributed by atoms with Gasteiger partial charge in [0, 0.05) is 0 Å². The Kier molecular flexibility index (Phi) is 6.26. The van der Waals surface area contributed by atoms with Crippen molar-refractivity contribution >= 4 is 12.1 Å². The van der Waals surface area contributed by atoms with Gasteiger partial charge in [0.05, 0.1) is 25.4 Å². The van der Waals surface area contributed by atoms with Crippen LogP contribution in [0.15, 0.2) is 0 Å². The molecule has 1 unspecified atom stereocenters. The maximum atomic E-state index is 11.6. The fourth-order valence-electron chi connectivity index (χ4n) is 1.94. The Morgan fingerprint density at radius 3 is 2.55 bits per heavy atom. The lowest BCUT2D eigenvalue weighted by Crippen LogP contribution is -2.42. The molecule has 1 saturated heterocycles. The highest BCUT2D eigenvalue weighted by Crippen LogP contribution is 2.38. The number of esters is 1. The molecule has 1 N–H and O–H groups in total. The fourth-order valence-corrected chi connectivity index (χ4v) is 1.94. The minimum Gasteiger partial charge on any atom is -0.467 e. The molecule has 0 radical (unpaired) electrons. The summed E-state index contributed by atoms with van der Waals surface area (Å²) in [5, 5.41) is 2.55. The molecule has 6 heteroatoms.